The Morgan fingerprint density at radius 1 is 1.03 bits per heavy atom. The summed E-state index contributed by atoms with van der Waals surface area (Å²) in [6.45, 7) is 2.72. The average Bonchev–Trinajstić information content (AvgIpc) is 3.63. The van der Waals surface area contributed by atoms with Crippen LogP contribution in [0.3, 0.4) is 0 Å². The van der Waals surface area contributed by atoms with Crippen molar-refractivity contribution in [3.8, 4) is 11.4 Å². The molecule has 2 aliphatic rings. The van der Waals surface area contributed by atoms with E-state index in [1.807, 2.05) is 45.6 Å². The predicted octanol–water partition coefficient (Wildman–Crippen LogP) is 4.54. The Morgan fingerprint density at radius 3 is 2.42 bits per heavy atom. The van der Waals surface area contributed by atoms with E-state index >= 15 is 0 Å². The number of nitrogens with zero attached hydrogens (tertiary/aromatic N) is 4. The lowest BCUT2D eigenvalue weighted by Gasteiger charge is -2.30. The highest BCUT2D eigenvalue weighted by molar-refractivity contribution is 7.71. The normalized spacial score (nSPS) is 17.2. The number of benzene rings is 2. The third-order valence-electron chi connectivity index (χ3n) is 6.50. The smallest absolute Gasteiger partial charge is 0.223 e. The molecule has 1 N–H and O–H groups in total. The van der Waals surface area contributed by atoms with Crippen LogP contribution in [0.2, 0.25) is 0 Å². The van der Waals surface area contributed by atoms with Crippen LogP contribution in [0.15, 0.2) is 54.6 Å². The van der Waals surface area contributed by atoms with Gasteiger partial charge in [0, 0.05) is 31.6 Å². The number of likely N-dealkylation sites (tertiary alicyclic amines) is 1. The Balaban J connectivity index is 1.22. The van der Waals surface area contributed by atoms with E-state index in [2.05, 4.69) is 10.2 Å². The number of piperidine rings is 1. The zero-order chi connectivity index (χ0) is 22.8. The number of aromatic nitrogens is 3. The molecule has 0 atom stereocenters. The number of hydrogen-bond donors (Lipinski definition) is 1. The summed E-state index contributed by atoms with van der Waals surface area (Å²) in [6, 6.07) is 17.0. The molecule has 0 unspecified atom stereocenters. The molecule has 33 heavy (non-hydrogen) atoms. The molecule has 0 spiro atoms. The third-order valence-corrected chi connectivity index (χ3v) is 6.91. The molecule has 1 aliphatic heterocycles. The van der Waals surface area contributed by atoms with Crippen LogP contribution in [0, 0.1) is 16.5 Å². The molecule has 1 amide bonds. The summed E-state index contributed by atoms with van der Waals surface area (Å²) in [6.07, 6.45) is 3.70. The van der Waals surface area contributed by atoms with E-state index < -0.39 is 0 Å². The quantitative estimate of drug-likeness (QED) is 0.521. The Hall–Kier alpha value is -2.84. The molecule has 6 nitrogen and oxygen atoms in total. The lowest BCUT2D eigenvalue weighted by atomic mass is 9.96. The second-order valence-electron chi connectivity index (χ2n) is 8.92. The van der Waals surface area contributed by atoms with Gasteiger partial charge in [0.05, 0.1) is 12.2 Å². The second-order valence-corrected chi connectivity index (χ2v) is 9.29. The average molecular weight is 466 g/mol. The van der Waals surface area contributed by atoms with Gasteiger partial charge < -0.3 is 5.32 Å². The first-order valence-corrected chi connectivity index (χ1v) is 12.0. The Morgan fingerprint density at radius 2 is 1.73 bits per heavy atom. The molecule has 1 aromatic heterocycles. The standard InChI is InChI=1S/C25H28FN5OS/c26-22-9-5-4-8-21(22)23-28-30(25(33)31(23)20-10-11-20)17-29-14-12-19(13-15-29)24(32)27-16-18-6-2-1-3-7-18/h1-9,19-20H,10-17H2,(H,27,32). The zero-order valence-corrected chi connectivity index (χ0v) is 19.3. The summed E-state index contributed by atoms with van der Waals surface area (Å²) in [7, 11) is 0. The molecule has 2 aromatic carbocycles. The van der Waals surface area contributed by atoms with Crippen molar-refractivity contribution >= 4 is 18.1 Å². The highest BCUT2D eigenvalue weighted by Gasteiger charge is 2.31. The van der Waals surface area contributed by atoms with Gasteiger partial charge >= 0.3 is 0 Å². The highest BCUT2D eigenvalue weighted by Crippen LogP contribution is 2.39. The molecule has 172 valence electrons. The van der Waals surface area contributed by atoms with Crippen LogP contribution < -0.4 is 5.32 Å². The van der Waals surface area contributed by atoms with Crippen LogP contribution in [0.5, 0.6) is 0 Å². The fourth-order valence-electron chi connectivity index (χ4n) is 4.46. The van der Waals surface area contributed by atoms with Gasteiger partial charge in [0.2, 0.25) is 5.91 Å². The number of halogens is 1. The van der Waals surface area contributed by atoms with Gasteiger partial charge in [0.25, 0.3) is 0 Å². The van der Waals surface area contributed by atoms with Gasteiger partial charge in [-0.05, 0) is 55.6 Å². The van der Waals surface area contributed by atoms with Crippen molar-refractivity contribution in [3.05, 3.63) is 70.7 Å². The van der Waals surface area contributed by atoms with Crippen LogP contribution in [-0.2, 0) is 18.0 Å². The van der Waals surface area contributed by atoms with Crippen LogP contribution in [0.4, 0.5) is 4.39 Å². The van der Waals surface area contributed by atoms with Crippen molar-refractivity contribution in [1.29, 1.82) is 0 Å². The maximum Gasteiger partial charge on any atom is 0.223 e. The molecule has 2 heterocycles. The van der Waals surface area contributed by atoms with Gasteiger partial charge in [-0.2, -0.15) is 5.10 Å². The summed E-state index contributed by atoms with van der Waals surface area (Å²) in [5.74, 6) is 0.468. The number of carbonyl (C=O) groups excluding carboxylic acids is 1. The van der Waals surface area contributed by atoms with E-state index in [9.17, 15) is 9.18 Å². The van der Waals surface area contributed by atoms with Crippen molar-refractivity contribution < 1.29 is 9.18 Å². The van der Waals surface area contributed by atoms with E-state index in [0.717, 1.165) is 44.3 Å². The lowest BCUT2D eigenvalue weighted by Crippen LogP contribution is -2.41. The van der Waals surface area contributed by atoms with Crippen LogP contribution in [0.1, 0.15) is 37.3 Å². The minimum atomic E-state index is -0.283. The van der Waals surface area contributed by atoms with Crippen molar-refractivity contribution in [2.75, 3.05) is 13.1 Å². The van der Waals surface area contributed by atoms with Gasteiger partial charge in [-0.1, -0.05) is 42.5 Å². The number of hydrogen-bond acceptors (Lipinski definition) is 4. The van der Waals surface area contributed by atoms with Gasteiger partial charge in [-0.25, -0.2) is 9.07 Å². The van der Waals surface area contributed by atoms with E-state index in [1.54, 1.807) is 12.1 Å². The van der Waals surface area contributed by atoms with Gasteiger partial charge in [-0.15, -0.1) is 0 Å². The second kappa shape index (κ2) is 9.57. The van der Waals surface area contributed by atoms with Crippen molar-refractivity contribution in [2.24, 2.45) is 5.92 Å². The van der Waals surface area contributed by atoms with Crippen LogP contribution in [-0.4, -0.2) is 38.2 Å². The fraction of sp³-hybridized carbons (Fsp3) is 0.400. The zero-order valence-electron chi connectivity index (χ0n) is 18.5. The Labute approximate surface area is 198 Å². The van der Waals surface area contributed by atoms with Crippen molar-refractivity contribution in [1.82, 2.24) is 24.6 Å². The van der Waals surface area contributed by atoms with Crippen LogP contribution >= 0.6 is 12.2 Å². The lowest BCUT2D eigenvalue weighted by molar-refractivity contribution is -0.126. The molecule has 1 aliphatic carbocycles. The van der Waals surface area contributed by atoms with E-state index in [1.165, 1.54) is 6.07 Å². The third kappa shape index (κ3) is 4.91. The Bertz CT molecular complexity index is 1180. The topological polar surface area (TPSA) is 55.1 Å². The molecular weight excluding hydrogens is 437 g/mol. The molecule has 1 saturated heterocycles. The van der Waals surface area contributed by atoms with E-state index in [4.69, 9.17) is 17.3 Å². The van der Waals surface area contributed by atoms with Crippen LogP contribution in [0.25, 0.3) is 11.4 Å². The monoisotopic (exact) mass is 465 g/mol. The summed E-state index contributed by atoms with van der Waals surface area (Å²) in [5.41, 5.74) is 1.60. The number of carbonyl (C=O) groups is 1. The van der Waals surface area contributed by atoms with Crippen molar-refractivity contribution in [3.63, 3.8) is 0 Å². The predicted molar refractivity (Wildman–Crippen MR) is 127 cm³/mol. The Kier molecular flexibility index (Phi) is 6.37. The summed E-state index contributed by atoms with van der Waals surface area (Å²) < 4.78 is 18.9. The first-order valence-electron chi connectivity index (χ1n) is 11.6. The molecule has 8 heteroatoms. The summed E-state index contributed by atoms with van der Waals surface area (Å²) in [4.78, 5) is 14.9. The van der Waals surface area contributed by atoms with Gasteiger partial charge in [0.15, 0.2) is 10.6 Å². The minimum absolute atomic E-state index is 0.0240. The molecule has 0 bridgehead atoms. The number of rotatable bonds is 7. The summed E-state index contributed by atoms with van der Waals surface area (Å²) >= 11 is 5.74. The first-order chi connectivity index (χ1) is 16.1. The minimum Gasteiger partial charge on any atom is -0.352 e. The van der Waals surface area contributed by atoms with Gasteiger partial charge in [0.1, 0.15) is 5.82 Å². The molecule has 1 saturated carbocycles. The fourth-order valence-corrected chi connectivity index (χ4v) is 4.79. The maximum absolute atomic E-state index is 14.5. The number of amides is 1. The molecule has 2 fully saturated rings. The SMILES string of the molecule is O=C(NCc1ccccc1)C1CCN(Cn2nc(-c3ccccc3F)n(C3CC3)c2=S)CC1. The highest BCUT2D eigenvalue weighted by atomic mass is 32.1. The largest absolute Gasteiger partial charge is 0.352 e. The van der Waals surface area contributed by atoms with E-state index in [-0.39, 0.29) is 17.6 Å². The molecule has 0 radical (unpaired) electrons. The molecular formula is C25H28FN5OS. The maximum atomic E-state index is 14.5. The molecule has 5 rings (SSSR count). The van der Waals surface area contributed by atoms with E-state index in [0.29, 0.717) is 35.4 Å². The summed E-state index contributed by atoms with van der Waals surface area (Å²) in [5, 5.41) is 7.79. The van der Waals surface area contributed by atoms with Crippen molar-refractivity contribution in [2.45, 2.75) is 44.9 Å². The first kappa shape index (κ1) is 22.0. The van der Waals surface area contributed by atoms with Gasteiger partial charge in [-0.3, -0.25) is 14.3 Å². The number of nitrogens with one attached hydrogen (secondary N) is 1. The molecule has 3 aromatic rings.